The Bertz CT molecular complexity index is 178. The molecule has 1 N–H and O–H groups in total. The maximum Gasteiger partial charge on any atom is 0.0919 e. The van der Waals surface area contributed by atoms with Crippen molar-refractivity contribution in [1.29, 1.82) is 0 Å². The van der Waals surface area contributed by atoms with Gasteiger partial charge in [0.25, 0.3) is 0 Å². The average molecular weight is 170 g/mol. The smallest absolute Gasteiger partial charge is 0.0919 e. The molecule has 0 amide bonds. The molecular weight excluding hydrogens is 152 g/mol. The van der Waals surface area contributed by atoms with E-state index in [1.54, 1.807) is 0 Å². The molecule has 12 heavy (non-hydrogen) atoms. The normalized spacial score (nSPS) is 44.8. The fourth-order valence-electron chi connectivity index (χ4n) is 2.77. The van der Waals surface area contributed by atoms with Crippen molar-refractivity contribution in [3.05, 3.63) is 0 Å². The van der Waals surface area contributed by atoms with Gasteiger partial charge in [0.1, 0.15) is 0 Å². The Hall–Kier alpha value is -0.0800. The van der Waals surface area contributed by atoms with Gasteiger partial charge in [-0.25, -0.2) is 0 Å². The third-order valence-electron chi connectivity index (χ3n) is 3.65. The molecule has 0 spiro atoms. The van der Waals surface area contributed by atoms with E-state index in [1.807, 2.05) is 0 Å². The summed E-state index contributed by atoms with van der Waals surface area (Å²) < 4.78 is 5.96. The summed E-state index contributed by atoms with van der Waals surface area (Å²) in [6.07, 6.45) is 4.57. The van der Waals surface area contributed by atoms with Gasteiger partial charge in [0, 0.05) is 0 Å². The van der Waals surface area contributed by atoms with Crippen LogP contribution in [0.3, 0.4) is 0 Å². The molecule has 0 aromatic rings. The quantitative estimate of drug-likeness (QED) is 0.649. The van der Waals surface area contributed by atoms with Crippen LogP contribution in [0.4, 0.5) is 0 Å². The van der Waals surface area contributed by atoms with Crippen LogP contribution in [0.5, 0.6) is 0 Å². The highest BCUT2D eigenvalue weighted by Gasteiger charge is 2.50. The van der Waals surface area contributed by atoms with Crippen molar-refractivity contribution in [2.45, 2.75) is 50.7 Å². The van der Waals surface area contributed by atoms with E-state index >= 15 is 0 Å². The summed E-state index contributed by atoms with van der Waals surface area (Å²) in [6, 6.07) is 0. The van der Waals surface area contributed by atoms with Crippen LogP contribution in [0.2, 0.25) is 0 Å². The van der Waals surface area contributed by atoms with Crippen molar-refractivity contribution in [3.8, 4) is 0 Å². The molecular formula is C10H18O2. The van der Waals surface area contributed by atoms with Crippen molar-refractivity contribution in [3.63, 3.8) is 0 Å². The molecule has 70 valence electrons. The van der Waals surface area contributed by atoms with E-state index in [9.17, 15) is 5.11 Å². The first-order valence-electron chi connectivity index (χ1n) is 4.89. The van der Waals surface area contributed by atoms with Crippen molar-refractivity contribution in [2.75, 3.05) is 6.61 Å². The van der Waals surface area contributed by atoms with Crippen LogP contribution < -0.4 is 0 Å². The molecule has 2 nitrogen and oxygen atoms in total. The summed E-state index contributed by atoms with van der Waals surface area (Å²) in [6.45, 7) is 4.50. The van der Waals surface area contributed by atoms with Crippen LogP contribution in [0.25, 0.3) is 0 Å². The van der Waals surface area contributed by atoms with Crippen LogP contribution in [0.1, 0.15) is 39.5 Å². The highest BCUT2D eigenvalue weighted by Crippen LogP contribution is 2.49. The maximum absolute atomic E-state index is 9.27. The van der Waals surface area contributed by atoms with Crippen molar-refractivity contribution in [1.82, 2.24) is 0 Å². The number of fused-ring (bicyclic) bond motifs is 3. The number of ether oxygens (including phenoxy) is 1. The molecule has 1 aliphatic carbocycles. The third-order valence-corrected chi connectivity index (χ3v) is 3.65. The summed E-state index contributed by atoms with van der Waals surface area (Å²) in [5.41, 5.74) is -0.183. The lowest BCUT2D eigenvalue weighted by atomic mass is 9.68. The summed E-state index contributed by atoms with van der Waals surface area (Å²) in [4.78, 5) is 0. The Kier molecular flexibility index (Phi) is 1.74. The molecule has 0 aromatic carbocycles. The minimum Gasteiger partial charge on any atom is -0.393 e. The molecule has 2 heteroatoms. The number of hydrogen-bond acceptors (Lipinski definition) is 2. The topological polar surface area (TPSA) is 29.5 Å². The fourth-order valence-corrected chi connectivity index (χ4v) is 2.77. The van der Waals surface area contributed by atoms with E-state index in [-0.39, 0.29) is 17.8 Å². The highest BCUT2D eigenvalue weighted by molar-refractivity contribution is 4.99. The van der Waals surface area contributed by atoms with Gasteiger partial charge in [-0.05, 0) is 45.4 Å². The molecule has 3 aliphatic rings. The van der Waals surface area contributed by atoms with Gasteiger partial charge in [-0.15, -0.1) is 0 Å². The molecule has 2 aliphatic heterocycles. The standard InChI is InChI=1S/C10H18O2/c1-9(2)8-3-5-10(7-11,12-9)6-4-8/h8,11H,3-7H2,1-2H3. The Labute approximate surface area is 73.9 Å². The van der Waals surface area contributed by atoms with E-state index in [2.05, 4.69) is 13.8 Å². The first kappa shape index (κ1) is 8.52. The number of rotatable bonds is 1. The highest BCUT2D eigenvalue weighted by atomic mass is 16.5. The Balaban J connectivity index is 2.20. The van der Waals surface area contributed by atoms with Crippen molar-refractivity contribution in [2.24, 2.45) is 5.92 Å². The van der Waals surface area contributed by atoms with E-state index in [0.717, 1.165) is 12.8 Å². The molecule has 2 saturated heterocycles. The van der Waals surface area contributed by atoms with Gasteiger partial charge in [-0.2, -0.15) is 0 Å². The van der Waals surface area contributed by atoms with Gasteiger partial charge < -0.3 is 9.84 Å². The van der Waals surface area contributed by atoms with Crippen molar-refractivity contribution >= 4 is 0 Å². The molecule has 0 aromatic heterocycles. The summed E-state index contributed by atoms with van der Waals surface area (Å²) in [5, 5.41) is 9.27. The maximum atomic E-state index is 9.27. The Morgan fingerprint density at radius 1 is 1.33 bits per heavy atom. The van der Waals surface area contributed by atoms with Gasteiger partial charge in [0.05, 0.1) is 17.8 Å². The molecule has 3 rings (SSSR count). The zero-order valence-electron chi connectivity index (χ0n) is 7.97. The first-order chi connectivity index (χ1) is 5.58. The van der Waals surface area contributed by atoms with Crippen LogP contribution >= 0.6 is 0 Å². The molecule has 2 bridgehead atoms. The number of aliphatic hydroxyl groups excluding tert-OH is 1. The zero-order chi connectivity index (χ0) is 8.82. The van der Waals surface area contributed by atoms with Crippen LogP contribution in [0.15, 0.2) is 0 Å². The SMILES string of the molecule is CC1(C)OC2(CO)CCC1CC2. The van der Waals surface area contributed by atoms with Crippen LogP contribution in [-0.4, -0.2) is 22.9 Å². The van der Waals surface area contributed by atoms with E-state index in [1.165, 1.54) is 12.8 Å². The Morgan fingerprint density at radius 3 is 2.25 bits per heavy atom. The molecule has 3 fully saturated rings. The fraction of sp³-hybridized carbons (Fsp3) is 1.00. The molecule has 1 saturated carbocycles. The predicted molar refractivity (Wildman–Crippen MR) is 46.9 cm³/mol. The minimum atomic E-state index is -0.182. The predicted octanol–water partition coefficient (Wildman–Crippen LogP) is 1.72. The molecule has 0 radical (unpaired) electrons. The minimum absolute atomic E-state index is 0.000764. The number of hydrogen-bond donors (Lipinski definition) is 1. The van der Waals surface area contributed by atoms with E-state index < -0.39 is 0 Å². The lowest BCUT2D eigenvalue weighted by molar-refractivity contribution is -0.249. The van der Waals surface area contributed by atoms with Gasteiger partial charge in [0.15, 0.2) is 0 Å². The second kappa shape index (κ2) is 2.46. The largest absolute Gasteiger partial charge is 0.393 e. The molecule has 0 unspecified atom stereocenters. The lowest BCUT2D eigenvalue weighted by Crippen LogP contribution is -2.57. The molecule has 2 heterocycles. The molecule has 0 atom stereocenters. The van der Waals surface area contributed by atoms with Gasteiger partial charge >= 0.3 is 0 Å². The monoisotopic (exact) mass is 170 g/mol. The van der Waals surface area contributed by atoms with E-state index in [0.29, 0.717) is 5.92 Å². The second-order valence-electron chi connectivity index (χ2n) is 4.82. The van der Waals surface area contributed by atoms with Crippen LogP contribution in [-0.2, 0) is 4.74 Å². The summed E-state index contributed by atoms with van der Waals surface area (Å²) in [5.74, 6) is 0.714. The first-order valence-corrected chi connectivity index (χ1v) is 4.89. The lowest BCUT2D eigenvalue weighted by Gasteiger charge is -2.54. The van der Waals surface area contributed by atoms with Crippen LogP contribution in [0, 0.1) is 5.92 Å². The number of aliphatic hydroxyl groups is 1. The van der Waals surface area contributed by atoms with Crippen molar-refractivity contribution < 1.29 is 9.84 Å². The average Bonchev–Trinajstić information content (AvgIpc) is 2.04. The summed E-state index contributed by atoms with van der Waals surface area (Å²) in [7, 11) is 0. The third kappa shape index (κ3) is 1.09. The second-order valence-corrected chi connectivity index (χ2v) is 4.82. The zero-order valence-corrected chi connectivity index (χ0v) is 7.97. The van der Waals surface area contributed by atoms with Gasteiger partial charge in [-0.1, -0.05) is 0 Å². The summed E-state index contributed by atoms with van der Waals surface area (Å²) >= 11 is 0. The van der Waals surface area contributed by atoms with E-state index in [4.69, 9.17) is 4.74 Å². The van der Waals surface area contributed by atoms with Gasteiger partial charge in [0.2, 0.25) is 0 Å². The van der Waals surface area contributed by atoms with Gasteiger partial charge in [-0.3, -0.25) is 0 Å². The Morgan fingerprint density at radius 2 is 1.92 bits per heavy atom.